The second-order valence-electron chi connectivity index (χ2n) is 4.42. The molecule has 21 heavy (non-hydrogen) atoms. The Bertz CT molecular complexity index is 214. The molecule has 0 amide bonds. The highest BCUT2D eigenvalue weighted by Crippen LogP contribution is 2.22. The second-order valence-corrected chi connectivity index (χ2v) is 6.37. The first-order valence-electron chi connectivity index (χ1n) is 7.25. The summed E-state index contributed by atoms with van der Waals surface area (Å²) in [5.74, 6) is 0. The van der Waals surface area contributed by atoms with E-state index in [0.717, 1.165) is 0 Å². The van der Waals surface area contributed by atoms with Crippen LogP contribution in [0.25, 0.3) is 0 Å². The van der Waals surface area contributed by atoms with Gasteiger partial charge in [-0.1, -0.05) is 27.7 Å². The van der Waals surface area contributed by atoms with Crippen LogP contribution < -0.4 is 0 Å². The highest BCUT2D eigenvalue weighted by atomic mass is 28.4. The molecule has 0 saturated heterocycles. The molecule has 0 saturated carbocycles. The smallest absolute Gasteiger partial charge is 0.369 e. The molecule has 9 heteroatoms. The van der Waals surface area contributed by atoms with E-state index in [1.54, 1.807) is 27.7 Å². The van der Waals surface area contributed by atoms with E-state index in [1.165, 1.54) is 0 Å². The summed E-state index contributed by atoms with van der Waals surface area (Å²) in [6.07, 6.45) is -4.20. The van der Waals surface area contributed by atoms with Crippen LogP contribution in [0.4, 0.5) is 0 Å². The minimum atomic E-state index is -4.13. The Labute approximate surface area is 126 Å². The van der Waals surface area contributed by atoms with Crippen molar-refractivity contribution in [3.05, 3.63) is 0 Å². The lowest BCUT2D eigenvalue weighted by Gasteiger charge is -2.33. The van der Waals surface area contributed by atoms with Crippen LogP contribution in [0, 0.1) is 0 Å². The Kier molecular flexibility index (Phi) is 10.5. The molecule has 4 N–H and O–H groups in total. The lowest BCUT2D eigenvalue weighted by molar-refractivity contribution is -0.218. The van der Waals surface area contributed by atoms with Crippen LogP contribution >= 0.6 is 0 Å². The van der Waals surface area contributed by atoms with E-state index in [-0.39, 0.29) is 25.7 Å². The Morgan fingerprint density at radius 1 is 0.571 bits per heavy atom. The molecule has 128 valence electrons. The minimum Gasteiger partial charge on any atom is -0.369 e. The van der Waals surface area contributed by atoms with Gasteiger partial charge < -0.3 is 38.1 Å². The topological polar surface area (TPSA) is 118 Å². The summed E-state index contributed by atoms with van der Waals surface area (Å²) in [6, 6.07) is 0. The molecule has 0 rings (SSSR count). The summed E-state index contributed by atoms with van der Waals surface area (Å²) < 4.78 is 21.0. The zero-order valence-electron chi connectivity index (χ0n) is 13.1. The summed E-state index contributed by atoms with van der Waals surface area (Å²) >= 11 is 0. The largest absolute Gasteiger partial charge is 0.687 e. The number of hydrogen-bond acceptors (Lipinski definition) is 8. The molecule has 4 unspecified atom stereocenters. The molecule has 0 fully saturated rings. The fourth-order valence-electron chi connectivity index (χ4n) is 1.17. The summed E-state index contributed by atoms with van der Waals surface area (Å²) in [6.45, 7) is 6.64. The van der Waals surface area contributed by atoms with Crippen molar-refractivity contribution in [3.63, 3.8) is 0 Å². The minimum absolute atomic E-state index is 0.220. The van der Waals surface area contributed by atoms with E-state index in [9.17, 15) is 20.4 Å². The van der Waals surface area contributed by atoms with Gasteiger partial charge in [0.25, 0.3) is 0 Å². The third-order valence-corrected chi connectivity index (χ3v) is 4.76. The highest BCUT2D eigenvalue weighted by Gasteiger charge is 2.52. The van der Waals surface area contributed by atoms with Crippen molar-refractivity contribution in [3.8, 4) is 0 Å². The number of rotatable bonds is 12. The summed E-state index contributed by atoms with van der Waals surface area (Å²) in [7, 11) is -4.13. The fraction of sp³-hybridized carbons (Fsp3) is 1.00. The normalized spacial score (nSPS) is 20.6. The van der Waals surface area contributed by atoms with E-state index >= 15 is 0 Å². The first-order chi connectivity index (χ1) is 9.82. The van der Waals surface area contributed by atoms with Crippen molar-refractivity contribution in [1.29, 1.82) is 0 Å². The molecular formula is C12H28O8Si. The maximum atomic E-state index is 9.68. The van der Waals surface area contributed by atoms with Crippen LogP contribution in [0.2, 0.25) is 0 Å². The van der Waals surface area contributed by atoms with Crippen LogP contribution in [0.1, 0.15) is 53.4 Å². The van der Waals surface area contributed by atoms with E-state index in [4.69, 9.17) is 17.7 Å². The van der Waals surface area contributed by atoms with Gasteiger partial charge in [0.2, 0.25) is 0 Å². The molecule has 0 aromatic carbocycles. The second kappa shape index (κ2) is 10.6. The molecule has 0 aliphatic rings. The summed E-state index contributed by atoms with van der Waals surface area (Å²) in [5.41, 5.74) is 0. The van der Waals surface area contributed by atoms with Crippen molar-refractivity contribution in [2.24, 2.45) is 0 Å². The summed E-state index contributed by atoms with van der Waals surface area (Å²) in [5, 5.41) is 38.7. The van der Waals surface area contributed by atoms with Gasteiger partial charge in [0.1, 0.15) is 25.2 Å². The van der Waals surface area contributed by atoms with Crippen molar-refractivity contribution < 1.29 is 38.1 Å². The highest BCUT2D eigenvalue weighted by molar-refractivity contribution is 6.53. The lowest BCUT2D eigenvalue weighted by atomic mass is 10.5. The van der Waals surface area contributed by atoms with Gasteiger partial charge in [0.05, 0.1) is 0 Å². The van der Waals surface area contributed by atoms with Gasteiger partial charge in [0, 0.05) is 0 Å². The zero-order chi connectivity index (χ0) is 16.5. The number of aliphatic hydroxyl groups is 4. The first-order valence-corrected chi connectivity index (χ1v) is 8.89. The van der Waals surface area contributed by atoms with Crippen molar-refractivity contribution in [2.45, 2.75) is 78.5 Å². The maximum absolute atomic E-state index is 9.68. The van der Waals surface area contributed by atoms with E-state index in [0.29, 0.717) is 0 Å². The lowest BCUT2D eigenvalue weighted by Crippen LogP contribution is -2.57. The molecule has 0 spiro atoms. The fourth-order valence-corrected chi connectivity index (χ4v) is 3.50. The standard InChI is InChI=1S/C12H28O8Si/c1-5-9(13)17-21(18-10(14)6-2,19-11(15)7-3)20-12(16)8-4/h9-16H,5-8H2,1-4H3. The van der Waals surface area contributed by atoms with Crippen LogP contribution in [0.5, 0.6) is 0 Å². The molecule has 0 radical (unpaired) electrons. The van der Waals surface area contributed by atoms with Crippen molar-refractivity contribution >= 4 is 9.05 Å². The van der Waals surface area contributed by atoms with Crippen LogP contribution in [0.3, 0.4) is 0 Å². The zero-order valence-corrected chi connectivity index (χ0v) is 14.1. The Morgan fingerprint density at radius 3 is 0.905 bits per heavy atom. The van der Waals surface area contributed by atoms with Gasteiger partial charge in [-0.3, -0.25) is 0 Å². The molecule has 0 aliphatic carbocycles. The van der Waals surface area contributed by atoms with Gasteiger partial charge in [0.15, 0.2) is 0 Å². The van der Waals surface area contributed by atoms with Gasteiger partial charge in [-0.2, -0.15) is 0 Å². The predicted molar refractivity (Wildman–Crippen MR) is 75.3 cm³/mol. The molecule has 0 aromatic heterocycles. The molecule has 0 aliphatic heterocycles. The first kappa shape index (κ1) is 20.9. The monoisotopic (exact) mass is 328 g/mol. The van der Waals surface area contributed by atoms with Crippen LogP contribution in [-0.4, -0.2) is 54.6 Å². The Balaban J connectivity index is 5.23. The maximum Gasteiger partial charge on any atom is 0.687 e. The third-order valence-electron chi connectivity index (χ3n) is 2.52. The van der Waals surface area contributed by atoms with Gasteiger partial charge in [-0.05, 0) is 25.7 Å². The SMILES string of the molecule is CCC(O)O[Si](OC(O)CC)(OC(O)CC)OC(O)CC. The predicted octanol–water partition coefficient (Wildman–Crippen LogP) is 0.402. The molecule has 4 atom stereocenters. The average Bonchev–Trinajstić information content (AvgIpc) is 2.46. The van der Waals surface area contributed by atoms with Gasteiger partial charge in [-0.25, -0.2) is 0 Å². The quantitative estimate of drug-likeness (QED) is 0.300. The number of hydrogen-bond donors (Lipinski definition) is 4. The number of aliphatic hydroxyl groups excluding tert-OH is 4. The van der Waals surface area contributed by atoms with E-state index in [2.05, 4.69) is 0 Å². The van der Waals surface area contributed by atoms with Gasteiger partial charge in [-0.15, -0.1) is 0 Å². The molecule has 0 heterocycles. The van der Waals surface area contributed by atoms with Crippen LogP contribution in [-0.2, 0) is 17.7 Å². The summed E-state index contributed by atoms with van der Waals surface area (Å²) in [4.78, 5) is 0. The van der Waals surface area contributed by atoms with Crippen molar-refractivity contribution in [1.82, 2.24) is 0 Å². The molecule has 0 bridgehead atoms. The van der Waals surface area contributed by atoms with E-state index in [1.807, 2.05) is 0 Å². The third kappa shape index (κ3) is 8.19. The molecule has 0 aromatic rings. The molecule has 8 nitrogen and oxygen atoms in total. The van der Waals surface area contributed by atoms with Crippen LogP contribution in [0.15, 0.2) is 0 Å². The Hall–Kier alpha value is -0.103. The molecular weight excluding hydrogens is 300 g/mol. The van der Waals surface area contributed by atoms with Crippen molar-refractivity contribution in [2.75, 3.05) is 0 Å². The van der Waals surface area contributed by atoms with Gasteiger partial charge >= 0.3 is 9.05 Å². The van der Waals surface area contributed by atoms with E-state index < -0.39 is 34.2 Å². The Morgan fingerprint density at radius 2 is 0.762 bits per heavy atom. The average molecular weight is 328 g/mol.